The number of nitrogens with zero attached hydrogens (tertiary/aromatic N) is 1. The molecule has 42 heavy (non-hydrogen) atoms. The lowest BCUT2D eigenvalue weighted by Gasteiger charge is -2.13. The predicted molar refractivity (Wildman–Crippen MR) is 163 cm³/mol. The quantitative estimate of drug-likeness (QED) is 0.164. The minimum atomic E-state index is -1.41. The van der Waals surface area contributed by atoms with Crippen LogP contribution < -0.4 is 16.0 Å². The third-order valence-corrected chi connectivity index (χ3v) is 8.28. The van der Waals surface area contributed by atoms with Gasteiger partial charge in [-0.25, -0.2) is 13.8 Å². The highest BCUT2D eigenvalue weighted by Gasteiger charge is 2.67. The zero-order valence-electron chi connectivity index (χ0n) is 21.2. The summed E-state index contributed by atoms with van der Waals surface area (Å²) in [6.45, 7) is 0.137. The van der Waals surface area contributed by atoms with E-state index in [2.05, 4.69) is 20.9 Å². The number of pyridine rings is 1. The highest BCUT2D eigenvalue weighted by Crippen LogP contribution is 2.65. The van der Waals surface area contributed by atoms with E-state index in [1.807, 2.05) is 6.07 Å². The number of halogens is 7. The van der Waals surface area contributed by atoms with Crippen LogP contribution in [0, 0.1) is 17.6 Å². The Hall–Kier alpha value is -3.14. The number of nitrogens with one attached hydrogen (secondary N) is 3. The Morgan fingerprint density at radius 3 is 2.29 bits per heavy atom. The maximum Gasteiger partial charge on any atom is 0.258 e. The van der Waals surface area contributed by atoms with Crippen molar-refractivity contribution >= 4 is 87.0 Å². The number of anilines is 3. The summed E-state index contributed by atoms with van der Waals surface area (Å²) in [5.74, 6) is -5.33. The maximum absolute atomic E-state index is 15.1. The Labute approximate surface area is 264 Å². The molecule has 1 saturated carbocycles. The average molecular weight is 671 g/mol. The van der Waals surface area contributed by atoms with E-state index >= 15 is 4.39 Å². The molecule has 2 amide bonds. The van der Waals surface area contributed by atoms with Crippen molar-refractivity contribution in [3.05, 3.63) is 116 Å². The summed E-state index contributed by atoms with van der Waals surface area (Å²) in [4.78, 5) is 29.8. The lowest BCUT2D eigenvalue weighted by Crippen LogP contribution is -2.19. The maximum atomic E-state index is 15.1. The summed E-state index contributed by atoms with van der Waals surface area (Å²) >= 11 is 31.3. The normalized spacial score (nSPS) is 16.9. The summed E-state index contributed by atoms with van der Waals surface area (Å²) in [6, 6.07) is 17.9. The van der Waals surface area contributed by atoms with E-state index < -0.39 is 51.1 Å². The Balaban J connectivity index is 1.30. The van der Waals surface area contributed by atoms with Crippen LogP contribution in [0.15, 0.2) is 72.9 Å². The van der Waals surface area contributed by atoms with Crippen molar-refractivity contribution in [3.8, 4) is 0 Å². The molecule has 0 spiro atoms. The lowest BCUT2D eigenvalue weighted by molar-refractivity contribution is -0.117. The van der Waals surface area contributed by atoms with Crippen LogP contribution in [0.4, 0.5) is 26.0 Å². The summed E-state index contributed by atoms with van der Waals surface area (Å²) in [5.41, 5.74) is 1.03. The lowest BCUT2D eigenvalue weighted by atomic mass is 10.1. The zero-order valence-corrected chi connectivity index (χ0v) is 25.0. The summed E-state index contributed by atoms with van der Waals surface area (Å²) in [7, 11) is 0. The van der Waals surface area contributed by atoms with Gasteiger partial charge in [0.2, 0.25) is 5.91 Å². The topological polar surface area (TPSA) is 83.1 Å². The molecule has 3 aromatic carbocycles. The van der Waals surface area contributed by atoms with E-state index in [4.69, 9.17) is 58.0 Å². The van der Waals surface area contributed by atoms with E-state index in [1.54, 1.807) is 42.5 Å². The second-order valence-electron chi connectivity index (χ2n) is 9.45. The summed E-state index contributed by atoms with van der Waals surface area (Å²) in [6.07, 6.45) is 0.786. The highest BCUT2D eigenvalue weighted by molar-refractivity contribution is 6.53. The second kappa shape index (κ2) is 12.2. The fraction of sp³-hybridized carbons (Fsp3) is 0.138. The van der Waals surface area contributed by atoms with Crippen molar-refractivity contribution in [2.75, 3.05) is 16.0 Å². The molecule has 1 fully saturated rings. The van der Waals surface area contributed by atoms with Crippen LogP contribution in [0.2, 0.25) is 15.1 Å². The molecule has 4 aromatic rings. The Kier molecular flexibility index (Phi) is 8.83. The van der Waals surface area contributed by atoms with Gasteiger partial charge in [-0.15, -0.1) is 23.2 Å². The van der Waals surface area contributed by atoms with Gasteiger partial charge in [0.25, 0.3) is 5.91 Å². The van der Waals surface area contributed by atoms with Gasteiger partial charge in [0.05, 0.1) is 22.7 Å². The van der Waals surface area contributed by atoms with Crippen LogP contribution in [-0.4, -0.2) is 21.1 Å². The highest BCUT2D eigenvalue weighted by atomic mass is 35.5. The monoisotopic (exact) mass is 668 g/mol. The molecule has 6 nitrogen and oxygen atoms in total. The molecule has 1 aromatic heterocycles. The fourth-order valence-corrected chi connectivity index (χ4v) is 6.07. The van der Waals surface area contributed by atoms with Gasteiger partial charge in [0, 0.05) is 28.2 Å². The third kappa shape index (κ3) is 6.43. The van der Waals surface area contributed by atoms with E-state index in [1.165, 1.54) is 18.2 Å². The average Bonchev–Trinajstić information content (AvgIpc) is 3.53. The molecule has 5 rings (SSSR count). The molecule has 1 heterocycles. The molecule has 216 valence electrons. The van der Waals surface area contributed by atoms with E-state index in [9.17, 15) is 14.0 Å². The van der Waals surface area contributed by atoms with Crippen LogP contribution in [0.5, 0.6) is 0 Å². The van der Waals surface area contributed by atoms with E-state index in [-0.39, 0.29) is 22.8 Å². The SMILES string of the molecule is O=C(Nc1ncc(F)c(NCc2ccccc2)c1F)c1cc(NC(=O)[C@H]2[C@H](c3cc(Cl)cc(Cl)c3)C2(Cl)Cl)ccc1Cl. The van der Waals surface area contributed by atoms with Crippen LogP contribution in [0.3, 0.4) is 0 Å². The van der Waals surface area contributed by atoms with Gasteiger partial charge in [-0.2, -0.15) is 0 Å². The van der Waals surface area contributed by atoms with Crippen molar-refractivity contribution < 1.29 is 18.4 Å². The first-order valence-electron chi connectivity index (χ1n) is 12.3. The van der Waals surface area contributed by atoms with Crippen LogP contribution >= 0.6 is 58.0 Å². The molecule has 3 N–H and O–H groups in total. The third-order valence-electron chi connectivity index (χ3n) is 6.58. The van der Waals surface area contributed by atoms with Crippen molar-refractivity contribution in [2.24, 2.45) is 5.92 Å². The predicted octanol–water partition coefficient (Wildman–Crippen LogP) is 8.71. The van der Waals surface area contributed by atoms with Crippen molar-refractivity contribution in [1.82, 2.24) is 4.98 Å². The largest absolute Gasteiger partial charge is 0.376 e. The number of amides is 2. The molecule has 0 radical (unpaired) electrons. The van der Waals surface area contributed by atoms with E-state index in [0.29, 0.717) is 15.6 Å². The first kappa shape index (κ1) is 30.3. The molecule has 0 saturated heterocycles. The molecule has 1 aliphatic carbocycles. The van der Waals surface area contributed by atoms with Gasteiger partial charge in [0.15, 0.2) is 17.5 Å². The minimum Gasteiger partial charge on any atom is -0.376 e. The number of carbonyl (C=O) groups is 2. The van der Waals surface area contributed by atoms with Gasteiger partial charge in [-0.3, -0.25) is 9.59 Å². The molecule has 0 unspecified atom stereocenters. The van der Waals surface area contributed by atoms with Crippen molar-refractivity contribution in [3.63, 3.8) is 0 Å². The number of carbonyl (C=O) groups excluding carboxylic acids is 2. The second-order valence-corrected chi connectivity index (χ2v) is 12.2. The molecular formula is C29H19Cl5F2N4O2. The Morgan fingerprint density at radius 2 is 1.60 bits per heavy atom. The van der Waals surface area contributed by atoms with Crippen LogP contribution in [0.25, 0.3) is 0 Å². The van der Waals surface area contributed by atoms with Crippen LogP contribution in [-0.2, 0) is 11.3 Å². The first-order chi connectivity index (χ1) is 20.0. The Bertz CT molecular complexity index is 1670. The number of alkyl halides is 2. The van der Waals surface area contributed by atoms with E-state index in [0.717, 1.165) is 11.8 Å². The van der Waals surface area contributed by atoms with Gasteiger partial charge >= 0.3 is 0 Å². The van der Waals surface area contributed by atoms with Gasteiger partial charge < -0.3 is 16.0 Å². The molecule has 2 atom stereocenters. The number of hydrogen-bond donors (Lipinski definition) is 3. The van der Waals surface area contributed by atoms with Crippen LogP contribution in [0.1, 0.15) is 27.4 Å². The van der Waals surface area contributed by atoms with Crippen molar-refractivity contribution in [2.45, 2.75) is 16.8 Å². The zero-order chi connectivity index (χ0) is 30.2. The Morgan fingerprint density at radius 1 is 0.905 bits per heavy atom. The minimum absolute atomic E-state index is 0.0114. The summed E-state index contributed by atoms with van der Waals surface area (Å²) < 4.78 is 28.1. The first-order valence-corrected chi connectivity index (χ1v) is 14.2. The molecule has 1 aliphatic rings. The van der Waals surface area contributed by atoms with Gasteiger partial charge in [-0.05, 0) is 47.5 Å². The number of hydrogen-bond acceptors (Lipinski definition) is 4. The van der Waals surface area contributed by atoms with Crippen molar-refractivity contribution in [1.29, 1.82) is 0 Å². The van der Waals surface area contributed by atoms with Gasteiger partial charge in [-0.1, -0.05) is 65.1 Å². The summed E-state index contributed by atoms with van der Waals surface area (Å²) in [5, 5.41) is 8.41. The number of benzene rings is 3. The number of aromatic nitrogens is 1. The fourth-order valence-electron chi connectivity index (χ4n) is 4.50. The smallest absolute Gasteiger partial charge is 0.258 e. The molecule has 0 bridgehead atoms. The van der Waals surface area contributed by atoms with Gasteiger partial charge in [0.1, 0.15) is 10.0 Å². The number of rotatable bonds is 8. The molecular weight excluding hydrogens is 652 g/mol. The molecule has 0 aliphatic heterocycles. The molecule has 13 heteroatoms. The standard InChI is InChI=1S/C29H19Cl5F2N4O2/c30-16-8-15(9-17(31)10-16)22-23(29(22,33)34)28(42)39-18-6-7-20(32)19(11-18)27(41)40-26-24(36)25(21(35)13-38-26)37-12-14-4-2-1-3-5-14/h1-11,13,22-23H,12H2,(H,39,42)(H2,37,38,40,41)/t22-,23+/m0/s1.